The molecule has 0 saturated heterocycles. The fraction of sp³-hybridized carbons (Fsp3) is 0.167. The molecule has 1 aliphatic heterocycles. The molecule has 0 atom stereocenters. The Labute approximate surface area is 160 Å². The number of nitrogens with zero attached hydrogens (tertiary/aromatic N) is 1. The van der Waals surface area contributed by atoms with Crippen LogP contribution in [0.4, 0.5) is 15.8 Å². The van der Waals surface area contributed by atoms with E-state index in [0.29, 0.717) is 35.1 Å². The van der Waals surface area contributed by atoms with Gasteiger partial charge in [0.2, 0.25) is 0 Å². The molecule has 10 heteroatoms. The second-order valence-corrected chi connectivity index (χ2v) is 7.90. The first kappa shape index (κ1) is 18.4. The van der Waals surface area contributed by atoms with Crippen molar-refractivity contribution >= 4 is 38.2 Å². The predicted molar refractivity (Wildman–Crippen MR) is 104 cm³/mol. The van der Waals surface area contributed by atoms with Gasteiger partial charge in [-0.1, -0.05) is 0 Å². The van der Waals surface area contributed by atoms with Crippen LogP contribution in [0, 0.1) is 5.82 Å². The number of benzene rings is 2. The Morgan fingerprint density at radius 3 is 2.71 bits per heavy atom. The summed E-state index contributed by atoms with van der Waals surface area (Å²) in [6, 6.07) is 7.66. The minimum atomic E-state index is -3.98. The van der Waals surface area contributed by atoms with E-state index in [1.807, 2.05) is 0 Å². The van der Waals surface area contributed by atoms with Gasteiger partial charge in [0, 0.05) is 47.0 Å². The summed E-state index contributed by atoms with van der Waals surface area (Å²) in [5, 5.41) is 4.21. The van der Waals surface area contributed by atoms with Crippen molar-refractivity contribution in [2.24, 2.45) is 5.73 Å². The molecule has 28 heavy (non-hydrogen) atoms. The molecule has 1 amide bonds. The van der Waals surface area contributed by atoms with Crippen LogP contribution < -0.4 is 16.1 Å². The lowest BCUT2D eigenvalue weighted by Crippen LogP contribution is -2.29. The molecule has 0 spiro atoms. The third-order valence-electron chi connectivity index (χ3n) is 4.38. The van der Waals surface area contributed by atoms with E-state index >= 15 is 0 Å². The highest BCUT2D eigenvalue weighted by atomic mass is 32.2. The van der Waals surface area contributed by atoms with E-state index in [0.717, 1.165) is 6.26 Å². The zero-order valence-electron chi connectivity index (χ0n) is 14.8. The van der Waals surface area contributed by atoms with Crippen LogP contribution in [0.15, 0.2) is 36.5 Å². The number of carbonyl (C=O) groups excluding carboxylic acids is 1. The quantitative estimate of drug-likeness (QED) is 0.580. The van der Waals surface area contributed by atoms with E-state index in [1.54, 1.807) is 24.4 Å². The number of rotatable bonds is 6. The zero-order valence-corrected chi connectivity index (χ0v) is 15.6. The topological polar surface area (TPSA) is 118 Å². The minimum Gasteiger partial charge on any atom is -0.383 e. The van der Waals surface area contributed by atoms with E-state index in [-0.39, 0.29) is 22.0 Å². The third kappa shape index (κ3) is 2.91. The van der Waals surface area contributed by atoms with Crippen LogP contribution in [-0.2, 0) is 14.4 Å². The Morgan fingerprint density at radius 1 is 1.29 bits per heavy atom. The summed E-state index contributed by atoms with van der Waals surface area (Å²) in [5.74, 6) is -1.24. The number of halogens is 1. The number of anilines is 2. The van der Waals surface area contributed by atoms with Gasteiger partial charge in [0.05, 0.1) is 17.5 Å². The smallest absolute Gasteiger partial charge is 0.285 e. The van der Waals surface area contributed by atoms with Crippen LogP contribution in [-0.4, -0.2) is 38.7 Å². The number of aromatic amines is 1. The monoisotopic (exact) mass is 404 g/mol. The van der Waals surface area contributed by atoms with Gasteiger partial charge in [0.1, 0.15) is 5.82 Å². The van der Waals surface area contributed by atoms with Gasteiger partial charge in [-0.05, 0) is 30.3 Å². The zero-order chi connectivity index (χ0) is 20.1. The maximum absolute atomic E-state index is 14.8. The second-order valence-electron chi connectivity index (χ2n) is 6.34. The molecule has 0 radical (unpaired) electrons. The Kier molecular flexibility index (Phi) is 4.33. The average molecular weight is 404 g/mol. The van der Waals surface area contributed by atoms with E-state index < -0.39 is 21.8 Å². The number of hydrogen-bond donors (Lipinski definition) is 3. The molecule has 146 valence electrons. The third-order valence-corrected chi connectivity index (χ3v) is 4.80. The van der Waals surface area contributed by atoms with E-state index in [9.17, 15) is 17.6 Å². The van der Waals surface area contributed by atoms with Crippen molar-refractivity contribution < 1.29 is 21.9 Å². The molecular formula is C18H17FN4O4S. The van der Waals surface area contributed by atoms with E-state index in [1.165, 1.54) is 12.1 Å². The molecule has 4 rings (SSSR count). The Balaban J connectivity index is 2.06. The van der Waals surface area contributed by atoms with Crippen molar-refractivity contribution in [3.63, 3.8) is 0 Å². The first-order chi connectivity index (χ1) is 13.3. The van der Waals surface area contributed by atoms with Crippen LogP contribution in [0.5, 0.6) is 0 Å². The number of nitrogens with one attached hydrogen (secondary N) is 2. The molecule has 4 N–H and O–H groups in total. The van der Waals surface area contributed by atoms with Gasteiger partial charge < -0.3 is 16.0 Å². The van der Waals surface area contributed by atoms with Gasteiger partial charge in [0.15, 0.2) is 0 Å². The van der Waals surface area contributed by atoms with Gasteiger partial charge in [-0.15, -0.1) is 4.28 Å². The largest absolute Gasteiger partial charge is 0.383 e. The highest BCUT2D eigenvalue weighted by Crippen LogP contribution is 2.46. The lowest BCUT2D eigenvalue weighted by Gasteiger charge is -2.15. The van der Waals surface area contributed by atoms with Crippen LogP contribution in [0.2, 0.25) is 0 Å². The number of H-pyrrole nitrogens is 1. The van der Waals surface area contributed by atoms with Crippen molar-refractivity contribution in [2.75, 3.05) is 29.7 Å². The normalized spacial score (nSPS) is 13.5. The summed E-state index contributed by atoms with van der Waals surface area (Å²) in [5.41, 5.74) is 7.45. The molecule has 0 bridgehead atoms. The fourth-order valence-corrected chi connectivity index (χ4v) is 3.79. The number of hydroxylamine groups is 1. The molecule has 2 heterocycles. The number of amides is 1. The maximum atomic E-state index is 14.8. The number of nitrogens with two attached hydrogens (primary N) is 1. The van der Waals surface area contributed by atoms with Crippen LogP contribution in [0.25, 0.3) is 22.0 Å². The van der Waals surface area contributed by atoms with Crippen molar-refractivity contribution in [3.05, 3.63) is 47.9 Å². The van der Waals surface area contributed by atoms with Crippen molar-refractivity contribution in [3.8, 4) is 11.3 Å². The summed E-state index contributed by atoms with van der Waals surface area (Å²) in [6.45, 7) is 0.713. The highest BCUT2D eigenvalue weighted by molar-refractivity contribution is 7.86. The minimum absolute atomic E-state index is 0.158. The van der Waals surface area contributed by atoms with Crippen LogP contribution in [0.3, 0.4) is 0 Å². The molecule has 1 aromatic heterocycles. The summed E-state index contributed by atoms with van der Waals surface area (Å²) < 4.78 is 43.0. The Morgan fingerprint density at radius 2 is 2.07 bits per heavy atom. The first-order valence-electron chi connectivity index (χ1n) is 8.42. The lowest BCUT2D eigenvalue weighted by atomic mass is 9.96. The first-order valence-corrected chi connectivity index (χ1v) is 10.2. The SMILES string of the molecule is CS(=O)(=O)ON1C(=O)c2c(-c3ccc[nH]3)cc(NCCN)c3c(F)ccc1c23. The number of carbonyl (C=O) groups is 1. The predicted octanol–water partition coefficient (Wildman–Crippen LogP) is 2.20. The second kappa shape index (κ2) is 6.59. The Bertz CT molecular complexity index is 1190. The summed E-state index contributed by atoms with van der Waals surface area (Å²) >= 11 is 0. The molecule has 0 aliphatic carbocycles. The molecule has 1 aliphatic rings. The van der Waals surface area contributed by atoms with Gasteiger partial charge in [-0.3, -0.25) is 4.79 Å². The maximum Gasteiger partial charge on any atom is 0.285 e. The number of aromatic nitrogens is 1. The standard InChI is InChI=1S/C18H17FN4O4S/c1-28(25,26)27-23-14-5-4-11(19)16-13(22-8-6-20)9-10(12-3-2-7-21-12)15(17(14)16)18(23)24/h2-5,7,9,21-22H,6,8,20H2,1H3. The van der Waals surface area contributed by atoms with Gasteiger partial charge in [-0.2, -0.15) is 13.5 Å². The van der Waals surface area contributed by atoms with Crippen molar-refractivity contribution in [1.29, 1.82) is 0 Å². The molecule has 0 fully saturated rings. The van der Waals surface area contributed by atoms with Gasteiger partial charge in [-0.25, -0.2) is 4.39 Å². The van der Waals surface area contributed by atoms with Crippen molar-refractivity contribution in [1.82, 2.24) is 4.98 Å². The average Bonchev–Trinajstić information content (AvgIpc) is 3.25. The van der Waals surface area contributed by atoms with E-state index in [4.69, 9.17) is 10.0 Å². The Hall–Kier alpha value is -2.95. The molecule has 3 aromatic rings. The molecule has 8 nitrogen and oxygen atoms in total. The highest BCUT2D eigenvalue weighted by Gasteiger charge is 2.37. The van der Waals surface area contributed by atoms with Crippen molar-refractivity contribution in [2.45, 2.75) is 0 Å². The summed E-state index contributed by atoms with van der Waals surface area (Å²) in [7, 11) is -3.98. The summed E-state index contributed by atoms with van der Waals surface area (Å²) in [6.07, 6.45) is 2.53. The lowest BCUT2D eigenvalue weighted by molar-refractivity contribution is 0.0897. The number of hydrogen-bond acceptors (Lipinski definition) is 6. The molecule has 2 aromatic carbocycles. The van der Waals surface area contributed by atoms with Gasteiger partial charge in [0.25, 0.3) is 16.0 Å². The fourth-order valence-electron chi connectivity index (χ4n) is 3.37. The molecule has 0 saturated carbocycles. The van der Waals surface area contributed by atoms with Crippen LogP contribution in [0.1, 0.15) is 10.4 Å². The summed E-state index contributed by atoms with van der Waals surface area (Å²) in [4.78, 5) is 16.1. The molecular weight excluding hydrogens is 387 g/mol. The molecule has 0 unspecified atom stereocenters. The van der Waals surface area contributed by atoms with E-state index in [2.05, 4.69) is 10.3 Å². The van der Waals surface area contributed by atoms with Crippen LogP contribution >= 0.6 is 0 Å². The van der Waals surface area contributed by atoms with Gasteiger partial charge >= 0.3 is 0 Å².